The van der Waals surface area contributed by atoms with Crippen LogP contribution in [0.25, 0.3) is 0 Å². The Kier molecular flexibility index (Phi) is 3.32. The molecule has 2 unspecified atom stereocenters. The molecule has 1 aliphatic carbocycles. The lowest BCUT2D eigenvalue weighted by Gasteiger charge is -2.22. The van der Waals surface area contributed by atoms with Crippen molar-refractivity contribution in [3.05, 3.63) is 18.2 Å². The smallest absolute Gasteiger partial charge is 0.229 e. The zero-order valence-corrected chi connectivity index (χ0v) is 11.2. The standard InChI is InChI=1S/C15H20N2O2/c1-19-10-7-8-13-14(9-10)16-12-6-4-2-3-5-11(12)15(18)17-13/h7-9,11-12,16H,2-6H2,1H3,(H,17,18). The molecule has 1 fully saturated rings. The minimum absolute atomic E-state index is 0.0842. The topological polar surface area (TPSA) is 50.4 Å². The van der Waals surface area contributed by atoms with Crippen molar-refractivity contribution >= 4 is 17.3 Å². The molecule has 0 spiro atoms. The minimum atomic E-state index is 0.0842. The Bertz CT molecular complexity index is 487. The van der Waals surface area contributed by atoms with Gasteiger partial charge in [-0.05, 0) is 25.0 Å². The third-order valence-electron chi connectivity index (χ3n) is 4.18. The molecule has 1 saturated carbocycles. The lowest BCUT2D eigenvalue weighted by atomic mass is 9.94. The fraction of sp³-hybridized carbons (Fsp3) is 0.533. The predicted octanol–water partition coefficient (Wildman–Crippen LogP) is 3.01. The number of hydrogen-bond donors (Lipinski definition) is 2. The van der Waals surface area contributed by atoms with Gasteiger partial charge in [0, 0.05) is 12.1 Å². The second-order valence-corrected chi connectivity index (χ2v) is 5.40. The van der Waals surface area contributed by atoms with E-state index in [1.54, 1.807) is 7.11 Å². The normalized spacial score (nSPS) is 26.1. The summed E-state index contributed by atoms with van der Waals surface area (Å²) in [6.07, 6.45) is 5.62. The van der Waals surface area contributed by atoms with E-state index in [2.05, 4.69) is 10.6 Å². The molecule has 4 heteroatoms. The highest BCUT2D eigenvalue weighted by atomic mass is 16.5. The fourth-order valence-electron chi connectivity index (χ4n) is 3.10. The first-order valence-corrected chi connectivity index (χ1v) is 7.03. The maximum Gasteiger partial charge on any atom is 0.229 e. The molecular weight excluding hydrogens is 240 g/mol. The highest BCUT2D eigenvalue weighted by Crippen LogP contribution is 2.35. The van der Waals surface area contributed by atoms with Crippen molar-refractivity contribution in [2.45, 2.75) is 38.1 Å². The van der Waals surface area contributed by atoms with E-state index in [9.17, 15) is 4.79 Å². The predicted molar refractivity (Wildman–Crippen MR) is 75.6 cm³/mol. The van der Waals surface area contributed by atoms with Crippen LogP contribution < -0.4 is 15.4 Å². The second kappa shape index (κ2) is 5.11. The van der Waals surface area contributed by atoms with Gasteiger partial charge in [-0.25, -0.2) is 0 Å². The molecule has 1 amide bonds. The molecule has 2 aliphatic rings. The monoisotopic (exact) mass is 260 g/mol. The number of carbonyl (C=O) groups is 1. The number of hydrogen-bond acceptors (Lipinski definition) is 3. The van der Waals surface area contributed by atoms with E-state index >= 15 is 0 Å². The Morgan fingerprint density at radius 2 is 2.00 bits per heavy atom. The fourth-order valence-corrected chi connectivity index (χ4v) is 3.10. The van der Waals surface area contributed by atoms with Crippen LogP contribution in [0.5, 0.6) is 5.75 Å². The van der Waals surface area contributed by atoms with Gasteiger partial charge in [-0.15, -0.1) is 0 Å². The van der Waals surface area contributed by atoms with Gasteiger partial charge >= 0.3 is 0 Å². The number of amides is 1. The number of benzene rings is 1. The number of nitrogens with one attached hydrogen (secondary N) is 2. The molecule has 4 nitrogen and oxygen atoms in total. The van der Waals surface area contributed by atoms with Gasteiger partial charge in [0.15, 0.2) is 0 Å². The molecule has 1 aliphatic heterocycles. The number of methoxy groups -OCH3 is 1. The Balaban J connectivity index is 1.94. The first-order valence-electron chi connectivity index (χ1n) is 7.03. The quantitative estimate of drug-likeness (QED) is 0.816. The highest BCUT2D eigenvalue weighted by molar-refractivity contribution is 5.98. The molecule has 3 rings (SSSR count). The number of carbonyl (C=O) groups excluding carboxylic acids is 1. The van der Waals surface area contributed by atoms with E-state index in [4.69, 9.17) is 4.74 Å². The summed E-state index contributed by atoms with van der Waals surface area (Å²) in [5, 5.41) is 6.59. The summed E-state index contributed by atoms with van der Waals surface area (Å²) in [6.45, 7) is 0. The molecule has 2 atom stereocenters. The molecule has 0 bridgehead atoms. The summed E-state index contributed by atoms with van der Waals surface area (Å²) in [7, 11) is 1.66. The minimum Gasteiger partial charge on any atom is -0.497 e. The van der Waals surface area contributed by atoms with E-state index in [0.29, 0.717) is 0 Å². The summed E-state index contributed by atoms with van der Waals surface area (Å²) in [5.41, 5.74) is 1.83. The maximum absolute atomic E-state index is 12.3. The van der Waals surface area contributed by atoms with Gasteiger partial charge < -0.3 is 15.4 Å². The van der Waals surface area contributed by atoms with Crippen molar-refractivity contribution in [1.82, 2.24) is 0 Å². The van der Waals surface area contributed by atoms with Gasteiger partial charge in [0.2, 0.25) is 5.91 Å². The summed E-state index contributed by atoms with van der Waals surface area (Å²) >= 11 is 0. The first-order chi connectivity index (χ1) is 9.28. The Labute approximate surface area is 113 Å². The van der Waals surface area contributed by atoms with Crippen molar-refractivity contribution in [2.75, 3.05) is 17.7 Å². The van der Waals surface area contributed by atoms with Crippen molar-refractivity contribution in [2.24, 2.45) is 5.92 Å². The Morgan fingerprint density at radius 3 is 2.84 bits per heavy atom. The van der Waals surface area contributed by atoms with E-state index in [-0.39, 0.29) is 17.9 Å². The van der Waals surface area contributed by atoms with Crippen molar-refractivity contribution < 1.29 is 9.53 Å². The van der Waals surface area contributed by atoms with Crippen LogP contribution in [0, 0.1) is 5.92 Å². The average Bonchev–Trinajstić information content (AvgIpc) is 2.71. The van der Waals surface area contributed by atoms with E-state index in [1.807, 2.05) is 18.2 Å². The van der Waals surface area contributed by atoms with Gasteiger partial charge in [0.1, 0.15) is 5.75 Å². The number of rotatable bonds is 1. The molecule has 2 N–H and O–H groups in total. The van der Waals surface area contributed by atoms with Crippen molar-refractivity contribution in [3.8, 4) is 5.75 Å². The maximum atomic E-state index is 12.3. The molecule has 19 heavy (non-hydrogen) atoms. The second-order valence-electron chi connectivity index (χ2n) is 5.40. The molecule has 1 aromatic rings. The Morgan fingerprint density at radius 1 is 1.16 bits per heavy atom. The summed E-state index contributed by atoms with van der Waals surface area (Å²) < 4.78 is 5.26. The first kappa shape index (κ1) is 12.3. The van der Waals surface area contributed by atoms with Crippen LogP contribution >= 0.6 is 0 Å². The zero-order valence-electron chi connectivity index (χ0n) is 11.2. The average molecular weight is 260 g/mol. The number of anilines is 2. The number of ether oxygens (including phenoxy) is 1. The van der Waals surface area contributed by atoms with Gasteiger partial charge in [-0.3, -0.25) is 4.79 Å². The summed E-state index contributed by atoms with van der Waals surface area (Å²) in [5.74, 6) is 1.05. The van der Waals surface area contributed by atoms with Crippen LogP contribution in [0.15, 0.2) is 18.2 Å². The summed E-state index contributed by atoms with van der Waals surface area (Å²) in [4.78, 5) is 12.3. The third-order valence-corrected chi connectivity index (χ3v) is 4.18. The van der Waals surface area contributed by atoms with E-state index < -0.39 is 0 Å². The number of fused-ring (bicyclic) bond motifs is 2. The van der Waals surface area contributed by atoms with Gasteiger partial charge in [-0.2, -0.15) is 0 Å². The van der Waals surface area contributed by atoms with Crippen LogP contribution in [0.2, 0.25) is 0 Å². The van der Waals surface area contributed by atoms with Gasteiger partial charge in [0.05, 0.1) is 24.4 Å². The summed E-state index contributed by atoms with van der Waals surface area (Å²) in [6, 6.07) is 5.99. The van der Waals surface area contributed by atoms with Crippen LogP contribution in [0.3, 0.4) is 0 Å². The lowest BCUT2D eigenvalue weighted by Crippen LogP contribution is -2.34. The third kappa shape index (κ3) is 2.39. The molecule has 0 radical (unpaired) electrons. The van der Waals surface area contributed by atoms with Crippen LogP contribution in [0.4, 0.5) is 11.4 Å². The Hall–Kier alpha value is -1.71. The zero-order chi connectivity index (χ0) is 13.2. The van der Waals surface area contributed by atoms with Gasteiger partial charge in [0.25, 0.3) is 0 Å². The SMILES string of the molecule is COc1ccc2c(c1)NC1CCCCCC1C(=O)N2. The van der Waals surface area contributed by atoms with E-state index in [1.165, 1.54) is 12.8 Å². The molecule has 1 heterocycles. The van der Waals surface area contributed by atoms with Crippen molar-refractivity contribution in [3.63, 3.8) is 0 Å². The molecule has 0 saturated heterocycles. The molecule has 102 valence electrons. The largest absolute Gasteiger partial charge is 0.497 e. The van der Waals surface area contributed by atoms with Crippen LogP contribution in [0.1, 0.15) is 32.1 Å². The van der Waals surface area contributed by atoms with Crippen molar-refractivity contribution in [1.29, 1.82) is 0 Å². The van der Waals surface area contributed by atoms with Crippen LogP contribution in [-0.2, 0) is 4.79 Å². The van der Waals surface area contributed by atoms with Crippen LogP contribution in [-0.4, -0.2) is 19.1 Å². The molecule has 0 aromatic heterocycles. The molecule has 1 aromatic carbocycles. The van der Waals surface area contributed by atoms with E-state index in [0.717, 1.165) is 36.4 Å². The van der Waals surface area contributed by atoms with Gasteiger partial charge in [-0.1, -0.05) is 19.3 Å². The molecular formula is C15H20N2O2. The lowest BCUT2D eigenvalue weighted by molar-refractivity contribution is -0.120. The highest BCUT2D eigenvalue weighted by Gasteiger charge is 2.32.